The van der Waals surface area contributed by atoms with Crippen LogP contribution in [0.3, 0.4) is 0 Å². The predicted octanol–water partition coefficient (Wildman–Crippen LogP) is 7.20. The molecule has 0 saturated carbocycles. The van der Waals surface area contributed by atoms with Crippen molar-refractivity contribution in [2.75, 3.05) is 0 Å². The molecule has 178 valence electrons. The number of amides is 1. The van der Waals surface area contributed by atoms with Gasteiger partial charge < -0.3 is 10.0 Å². The lowest BCUT2D eigenvalue weighted by molar-refractivity contribution is -0.142. The number of carboxylic acids is 1. The van der Waals surface area contributed by atoms with E-state index in [4.69, 9.17) is 23.2 Å². The number of benzene rings is 3. The molecule has 1 aromatic heterocycles. The van der Waals surface area contributed by atoms with Gasteiger partial charge in [-0.1, -0.05) is 65.7 Å². The minimum Gasteiger partial charge on any atom is -0.480 e. The molecule has 3 aromatic carbocycles. The zero-order valence-electron chi connectivity index (χ0n) is 18.3. The third-order valence-electron chi connectivity index (χ3n) is 5.57. The van der Waals surface area contributed by atoms with Crippen molar-refractivity contribution >= 4 is 46.4 Å². The van der Waals surface area contributed by atoms with Gasteiger partial charge in [-0.2, -0.15) is 0 Å². The van der Waals surface area contributed by atoms with Gasteiger partial charge in [-0.15, -0.1) is 11.3 Å². The number of nitrogens with zero attached hydrogens (tertiary/aromatic N) is 1. The highest BCUT2D eigenvalue weighted by atomic mass is 35.5. The summed E-state index contributed by atoms with van der Waals surface area (Å²) in [6.45, 7) is 0.0337. The molecular weight excluding hydrogens is 508 g/mol. The molecule has 4 nitrogen and oxygen atoms in total. The molecule has 0 saturated heterocycles. The van der Waals surface area contributed by atoms with Gasteiger partial charge >= 0.3 is 5.97 Å². The molecule has 0 bridgehead atoms. The molecule has 1 amide bonds. The first-order valence-electron chi connectivity index (χ1n) is 10.7. The number of aliphatic carboxylic acids is 1. The lowest BCUT2D eigenvalue weighted by Crippen LogP contribution is -2.46. The van der Waals surface area contributed by atoms with Gasteiger partial charge in [0.25, 0.3) is 5.91 Å². The van der Waals surface area contributed by atoms with E-state index >= 15 is 0 Å². The van der Waals surface area contributed by atoms with Gasteiger partial charge in [-0.25, -0.2) is 9.18 Å². The van der Waals surface area contributed by atoms with E-state index in [2.05, 4.69) is 0 Å². The van der Waals surface area contributed by atoms with Crippen molar-refractivity contribution in [3.8, 4) is 11.1 Å². The summed E-state index contributed by atoms with van der Waals surface area (Å²) in [5, 5.41) is 12.5. The van der Waals surface area contributed by atoms with Crippen molar-refractivity contribution in [1.29, 1.82) is 0 Å². The summed E-state index contributed by atoms with van der Waals surface area (Å²) in [5.74, 6) is -2.01. The van der Waals surface area contributed by atoms with Crippen LogP contribution in [0, 0.1) is 5.82 Å². The van der Waals surface area contributed by atoms with Gasteiger partial charge in [-0.3, -0.25) is 4.79 Å². The maximum atomic E-state index is 13.7. The molecule has 4 rings (SSSR count). The van der Waals surface area contributed by atoms with Crippen LogP contribution < -0.4 is 0 Å². The highest BCUT2D eigenvalue weighted by Crippen LogP contribution is 2.32. The minimum absolute atomic E-state index is 0.0337. The molecule has 0 unspecified atom stereocenters. The summed E-state index contributed by atoms with van der Waals surface area (Å²) < 4.78 is 13.5. The molecule has 8 heteroatoms. The average Bonchev–Trinajstić information content (AvgIpc) is 3.30. The Morgan fingerprint density at radius 3 is 2.34 bits per heavy atom. The third-order valence-corrected chi connectivity index (χ3v) is 7.02. The Balaban J connectivity index is 1.75. The Hall–Kier alpha value is -3.19. The van der Waals surface area contributed by atoms with E-state index in [1.54, 1.807) is 18.2 Å². The van der Waals surface area contributed by atoms with E-state index in [1.165, 1.54) is 40.5 Å². The average molecular weight is 528 g/mol. The Morgan fingerprint density at radius 2 is 1.69 bits per heavy atom. The number of halogens is 3. The molecule has 0 aliphatic heterocycles. The maximum Gasteiger partial charge on any atom is 0.326 e. The summed E-state index contributed by atoms with van der Waals surface area (Å²) >= 11 is 13.7. The van der Waals surface area contributed by atoms with Gasteiger partial charge in [0.05, 0.1) is 17.1 Å². The van der Waals surface area contributed by atoms with E-state index < -0.39 is 17.9 Å². The SMILES string of the molecule is O=C(O)[C@H](Cc1ccccc1)N(Cc1sccc1-c1ccc(F)cc1)C(=O)c1ccc(Cl)cc1Cl. The lowest BCUT2D eigenvalue weighted by atomic mass is 10.0. The van der Waals surface area contributed by atoms with Crippen molar-refractivity contribution in [2.24, 2.45) is 0 Å². The van der Waals surface area contributed by atoms with Gasteiger partial charge in [0.15, 0.2) is 0 Å². The Morgan fingerprint density at radius 1 is 0.971 bits per heavy atom. The van der Waals surface area contributed by atoms with E-state index in [0.29, 0.717) is 5.02 Å². The zero-order valence-corrected chi connectivity index (χ0v) is 20.7. The van der Waals surface area contributed by atoms with Crippen LogP contribution in [-0.4, -0.2) is 27.9 Å². The number of carbonyl (C=O) groups excluding carboxylic acids is 1. The molecule has 1 heterocycles. The molecule has 0 radical (unpaired) electrons. The van der Waals surface area contributed by atoms with E-state index in [9.17, 15) is 19.1 Å². The first-order valence-corrected chi connectivity index (χ1v) is 12.3. The second-order valence-electron chi connectivity index (χ2n) is 7.87. The van der Waals surface area contributed by atoms with Crippen molar-refractivity contribution in [3.05, 3.63) is 116 Å². The number of hydrogen-bond donors (Lipinski definition) is 1. The van der Waals surface area contributed by atoms with Crippen LogP contribution in [0.1, 0.15) is 20.8 Å². The molecule has 0 aliphatic carbocycles. The second kappa shape index (κ2) is 11.0. The van der Waals surface area contributed by atoms with Gasteiger partial charge in [-0.05, 0) is 58.5 Å². The highest BCUT2D eigenvalue weighted by Gasteiger charge is 2.32. The van der Waals surface area contributed by atoms with Crippen LogP contribution in [-0.2, 0) is 17.8 Å². The van der Waals surface area contributed by atoms with Crippen LogP contribution in [0.4, 0.5) is 4.39 Å². The molecule has 35 heavy (non-hydrogen) atoms. The fourth-order valence-electron chi connectivity index (χ4n) is 3.81. The van der Waals surface area contributed by atoms with Gasteiger partial charge in [0.1, 0.15) is 11.9 Å². The molecule has 1 atom stereocenters. The molecular formula is C27H20Cl2FNO3S. The minimum atomic E-state index is -1.15. The number of thiophene rings is 1. The van der Waals surface area contributed by atoms with E-state index in [0.717, 1.165) is 21.6 Å². The topological polar surface area (TPSA) is 57.6 Å². The van der Waals surface area contributed by atoms with Crippen molar-refractivity contribution in [3.63, 3.8) is 0 Å². The summed E-state index contributed by atoms with van der Waals surface area (Å²) in [5.41, 5.74) is 2.52. The van der Waals surface area contributed by atoms with Crippen molar-refractivity contribution in [2.45, 2.75) is 19.0 Å². The second-order valence-corrected chi connectivity index (χ2v) is 9.71. The van der Waals surface area contributed by atoms with Crippen molar-refractivity contribution in [1.82, 2.24) is 4.90 Å². The highest BCUT2D eigenvalue weighted by molar-refractivity contribution is 7.10. The number of carboxylic acid groups (broad SMARTS) is 1. The number of hydrogen-bond acceptors (Lipinski definition) is 3. The quantitative estimate of drug-likeness (QED) is 0.263. The molecule has 4 aromatic rings. The summed E-state index contributed by atoms with van der Waals surface area (Å²) in [4.78, 5) is 28.3. The normalized spacial score (nSPS) is 11.7. The molecule has 0 aliphatic rings. The summed E-state index contributed by atoms with van der Waals surface area (Å²) in [6.07, 6.45) is 0.115. The van der Waals surface area contributed by atoms with E-state index in [-0.39, 0.29) is 29.4 Å². The summed E-state index contributed by atoms with van der Waals surface area (Å²) in [7, 11) is 0. The monoisotopic (exact) mass is 527 g/mol. The van der Waals surface area contributed by atoms with Crippen LogP contribution in [0.5, 0.6) is 0 Å². The predicted molar refractivity (Wildman–Crippen MR) is 138 cm³/mol. The molecule has 1 N–H and O–H groups in total. The van der Waals surface area contributed by atoms with E-state index in [1.807, 2.05) is 41.8 Å². The third kappa shape index (κ3) is 5.90. The first-order chi connectivity index (χ1) is 16.8. The van der Waals surface area contributed by atoms with Crippen molar-refractivity contribution < 1.29 is 19.1 Å². The van der Waals surface area contributed by atoms with Gasteiger partial charge in [0.2, 0.25) is 0 Å². The molecule has 0 spiro atoms. The number of carbonyl (C=O) groups is 2. The first kappa shape index (κ1) is 24.9. The smallest absolute Gasteiger partial charge is 0.326 e. The molecule has 0 fully saturated rings. The Labute approximate surface area is 216 Å². The fourth-order valence-corrected chi connectivity index (χ4v) is 5.20. The van der Waals surface area contributed by atoms with Crippen LogP contribution in [0.25, 0.3) is 11.1 Å². The number of rotatable bonds is 8. The summed E-state index contributed by atoms with van der Waals surface area (Å²) in [6, 6.07) is 20.4. The largest absolute Gasteiger partial charge is 0.480 e. The maximum absolute atomic E-state index is 13.7. The lowest BCUT2D eigenvalue weighted by Gasteiger charge is -2.30. The van der Waals surface area contributed by atoms with Crippen LogP contribution in [0.15, 0.2) is 84.2 Å². The van der Waals surface area contributed by atoms with Crippen LogP contribution in [0.2, 0.25) is 10.0 Å². The standard InChI is InChI=1S/C27H20Cl2FNO3S/c28-19-8-11-22(23(29)15-19)26(32)31(24(27(33)34)14-17-4-2-1-3-5-17)16-25-21(12-13-35-25)18-6-9-20(30)10-7-18/h1-13,15,24H,14,16H2,(H,33,34)/t24-/m0/s1. The zero-order chi connectivity index (χ0) is 24.9. The Bertz CT molecular complexity index is 1340. The van der Waals surface area contributed by atoms with Gasteiger partial charge in [0, 0.05) is 16.3 Å². The van der Waals surface area contributed by atoms with Crippen LogP contribution >= 0.6 is 34.5 Å². The Kier molecular flexibility index (Phi) is 7.86. The fraction of sp³-hybridized carbons (Fsp3) is 0.111.